The van der Waals surface area contributed by atoms with Crippen molar-refractivity contribution >= 4 is 23.8 Å². The summed E-state index contributed by atoms with van der Waals surface area (Å²) in [5.41, 5.74) is 6.73. The van der Waals surface area contributed by atoms with Crippen LogP contribution in [0.25, 0.3) is 0 Å². The van der Waals surface area contributed by atoms with Gasteiger partial charge in [-0.15, -0.1) is 0 Å². The van der Waals surface area contributed by atoms with E-state index >= 15 is 0 Å². The molecule has 0 bridgehead atoms. The van der Waals surface area contributed by atoms with Crippen molar-refractivity contribution in [2.24, 2.45) is 17.6 Å². The third-order valence-corrected chi connectivity index (χ3v) is 8.84. The third kappa shape index (κ3) is 6.12. The molecule has 3 aliphatic rings. The first-order valence-corrected chi connectivity index (χ1v) is 13.5. The monoisotopic (exact) mass is 568 g/mol. The van der Waals surface area contributed by atoms with Gasteiger partial charge in [0, 0.05) is 43.5 Å². The Morgan fingerprint density at radius 2 is 1.46 bits per heavy atom. The highest BCUT2D eigenvalue weighted by Crippen LogP contribution is 2.65. The summed E-state index contributed by atoms with van der Waals surface area (Å²) in [5, 5.41) is 45.0. The Morgan fingerprint density at radius 3 is 1.90 bits per heavy atom. The SMILES string of the molecule is CCC1(c2cccc(C(N)=O)c2)C2CN(CC3(O)Cc4ccccc4C3)CC21.O=C(O)CC(O)(CC(=O)O)C(=O)O. The highest BCUT2D eigenvalue weighted by atomic mass is 16.4. The molecule has 5 rings (SSSR count). The third-order valence-electron chi connectivity index (χ3n) is 8.84. The van der Waals surface area contributed by atoms with Gasteiger partial charge in [0.1, 0.15) is 0 Å². The molecular formula is C30H36N2O9. The number of aliphatic hydroxyl groups is 2. The molecular weight excluding hydrogens is 532 g/mol. The zero-order chi connectivity index (χ0) is 30.2. The van der Waals surface area contributed by atoms with Crippen molar-refractivity contribution in [3.05, 3.63) is 70.8 Å². The maximum Gasteiger partial charge on any atom is 0.336 e. The highest BCUT2D eigenvalue weighted by Gasteiger charge is 2.67. The van der Waals surface area contributed by atoms with Gasteiger partial charge >= 0.3 is 17.9 Å². The Hall–Kier alpha value is -3.80. The van der Waals surface area contributed by atoms with Crippen LogP contribution in [-0.4, -0.2) is 85.1 Å². The average Bonchev–Trinajstić information content (AvgIpc) is 3.12. The fraction of sp³-hybridized carbons (Fsp3) is 0.467. The van der Waals surface area contributed by atoms with Gasteiger partial charge in [-0.3, -0.25) is 19.3 Å². The maximum atomic E-state index is 11.6. The van der Waals surface area contributed by atoms with Gasteiger partial charge in [-0.25, -0.2) is 4.79 Å². The van der Waals surface area contributed by atoms with Gasteiger partial charge in [0.15, 0.2) is 5.60 Å². The first-order chi connectivity index (χ1) is 19.2. The van der Waals surface area contributed by atoms with Crippen molar-refractivity contribution in [2.75, 3.05) is 19.6 Å². The maximum absolute atomic E-state index is 11.6. The highest BCUT2D eigenvalue weighted by molar-refractivity contribution is 5.93. The van der Waals surface area contributed by atoms with Gasteiger partial charge in [0.2, 0.25) is 5.91 Å². The number of carbonyl (C=O) groups is 4. The van der Waals surface area contributed by atoms with E-state index in [-0.39, 0.29) is 11.3 Å². The van der Waals surface area contributed by atoms with Crippen molar-refractivity contribution in [1.82, 2.24) is 4.90 Å². The molecule has 7 N–H and O–H groups in total. The minimum absolute atomic E-state index is 0.170. The largest absolute Gasteiger partial charge is 0.481 e. The number of carbonyl (C=O) groups excluding carboxylic acids is 1. The van der Waals surface area contributed by atoms with E-state index in [0.717, 1.165) is 38.9 Å². The van der Waals surface area contributed by atoms with Crippen LogP contribution in [0.15, 0.2) is 48.5 Å². The fourth-order valence-corrected chi connectivity index (χ4v) is 6.98. The molecule has 2 aliphatic carbocycles. The number of benzene rings is 2. The number of primary amides is 1. The number of carboxylic acids is 3. The lowest BCUT2D eigenvalue weighted by molar-refractivity contribution is -0.170. The topological polar surface area (TPSA) is 199 Å². The van der Waals surface area contributed by atoms with Crippen molar-refractivity contribution in [3.8, 4) is 0 Å². The first kappa shape index (κ1) is 30.2. The molecule has 0 spiro atoms. The van der Waals surface area contributed by atoms with Crippen molar-refractivity contribution in [1.29, 1.82) is 0 Å². The van der Waals surface area contributed by atoms with Crippen LogP contribution in [0.5, 0.6) is 0 Å². The van der Waals surface area contributed by atoms with Crippen LogP contribution in [0.1, 0.15) is 53.2 Å². The number of nitrogens with zero attached hydrogens (tertiary/aromatic N) is 1. The summed E-state index contributed by atoms with van der Waals surface area (Å²) in [6, 6.07) is 16.3. The fourth-order valence-electron chi connectivity index (χ4n) is 6.98. The van der Waals surface area contributed by atoms with Crippen LogP contribution < -0.4 is 5.73 Å². The zero-order valence-electron chi connectivity index (χ0n) is 22.8. The summed E-state index contributed by atoms with van der Waals surface area (Å²) < 4.78 is 0. The van der Waals surface area contributed by atoms with Crippen LogP contribution in [-0.2, 0) is 32.6 Å². The molecule has 2 aromatic carbocycles. The van der Waals surface area contributed by atoms with E-state index < -0.39 is 42.0 Å². The number of piperidine rings is 1. The summed E-state index contributed by atoms with van der Waals surface area (Å²) in [6.45, 7) is 5.05. The van der Waals surface area contributed by atoms with Gasteiger partial charge in [-0.1, -0.05) is 43.3 Å². The lowest BCUT2D eigenvalue weighted by Crippen LogP contribution is -2.45. The number of hydrogen-bond donors (Lipinski definition) is 6. The smallest absolute Gasteiger partial charge is 0.336 e. The molecule has 2 aromatic rings. The Bertz CT molecular complexity index is 1300. The van der Waals surface area contributed by atoms with E-state index in [1.165, 1.54) is 16.7 Å². The molecule has 1 saturated carbocycles. The molecule has 11 heteroatoms. The summed E-state index contributed by atoms with van der Waals surface area (Å²) in [4.78, 5) is 44.5. The van der Waals surface area contributed by atoms with E-state index in [4.69, 9.17) is 26.2 Å². The Kier molecular flexibility index (Phi) is 8.26. The quantitative estimate of drug-likeness (QED) is 0.243. The van der Waals surface area contributed by atoms with Gasteiger partial charge < -0.3 is 31.3 Å². The number of rotatable bonds is 10. The predicted molar refractivity (Wildman–Crippen MR) is 146 cm³/mol. The van der Waals surface area contributed by atoms with Crippen LogP contribution >= 0.6 is 0 Å². The summed E-state index contributed by atoms with van der Waals surface area (Å²) >= 11 is 0. The molecule has 2 unspecified atom stereocenters. The molecule has 2 atom stereocenters. The second kappa shape index (κ2) is 11.2. The van der Waals surface area contributed by atoms with E-state index in [1.54, 1.807) is 6.07 Å². The second-order valence-corrected chi connectivity index (χ2v) is 11.6. The Balaban J connectivity index is 0.000000254. The van der Waals surface area contributed by atoms with Gasteiger partial charge in [-0.2, -0.15) is 0 Å². The van der Waals surface area contributed by atoms with Crippen LogP contribution in [0.2, 0.25) is 0 Å². The van der Waals surface area contributed by atoms with E-state index in [9.17, 15) is 24.3 Å². The second-order valence-electron chi connectivity index (χ2n) is 11.6. The van der Waals surface area contributed by atoms with Crippen molar-refractivity contribution in [3.63, 3.8) is 0 Å². The zero-order valence-corrected chi connectivity index (χ0v) is 22.8. The number of likely N-dealkylation sites (tertiary alicyclic amines) is 1. The molecule has 1 aliphatic heterocycles. The summed E-state index contributed by atoms with van der Waals surface area (Å²) in [7, 11) is 0. The van der Waals surface area contributed by atoms with Gasteiger partial charge in [0.05, 0.1) is 18.4 Å². The Morgan fingerprint density at radius 1 is 0.927 bits per heavy atom. The van der Waals surface area contributed by atoms with Crippen LogP contribution in [0.4, 0.5) is 0 Å². The van der Waals surface area contributed by atoms with E-state index in [1.807, 2.05) is 12.1 Å². The molecule has 41 heavy (non-hydrogen) atoms. The summed E-state index contributed by atoms with van der Waals surface area (Å²) in [6.07, 6.45) is 0.306. The number of fused-ring (bicyclic) bond motifs is 2. The number of nitrogens with two attached hydrogens (primary N) is 1. The molecule has 1 amide bonds. The molecule has 0 aromatic heterocycles. The van der Waals surface area contributed by atoms with Crippen LogP contribution in [0, 0.1) is 11.8 Å². The number of aliphatic carboxylic acids is 3. The van der Waals surface area contributed by atoms with Gasteiger partial charge in [0.25, 0.3) is 0 Å². The van der Waals surface area contributed by atoms with Crippen LogP contribution in [0.3, 0.4) is 0 Å². The average molecular weight is 569 g/mol. The van der Waals surface area contributed by atoms with Crippen molar-refractivity contribution < 1.29 is 44.7 Å². The molecule has 220 valence electrons. The Labute approximate surface area is 237 Å². The van der Waals surface area contributed by atoms with Gasteiger partial charge in [-0.05, 0) is 47.1 Å². The number of amides is 1. The molecule has 0 radical (unpaired) electrons. The minimum Gasteiger partial charge on any atom is -0.481 e. The molecule has 11 nitrogen and oxygen atoms in total. The van der Waals surface area contributed by atoms with E-state index in [0.29, 0.717) is 17.4 Å². The first-order valence-electron chi connectivity index (χ1n) is 13.5. The van der Waals surface area contributed by atoms with Crippen molar-refractivity contribution in [2.45, 2.75) is 55.6 Å². The molecule has 1 heterocycles. The normalized spacial score (nSPS) is 24.0. The number of carboxylic acid groups (broad SMARTS) is 3. The lowest BCUT2D eigenvalue weighted by atomic mass is 9.86. The van der Waals surface area contributed by atoms with E-state index in [2.05, 4.69) is 42.2 Å². The number of β-amino-alcohol motifs (C(OH)–C–C–N with tert-alkyl or cyclic N) is 1. The lowest BCUT2D eigenvalue weighted by Gasteiger charge is -2.32. The minimum atomic E-state index is -2.74. The number of hydrogen-bond acceptors (Lipinski definition) is 7. The standard InChI is InChI=1S/C24H28N2O2.C6H8O7/c1-2-24(19-9-5-8-16(10-19)22(25)27)20-13-26(14-21(20)24)15-23(28)11-17-6-3-4-7-18(17)12-23;7-3(8)1-6(13,5(11)12)2-4(9)10/h3-10,20-21,28H,2,11-15H2,1H3,(H2,25,27);13H,1-2H2,(H,7,8)(H,9,10)(H,11,12). The predicted octanol–water partition coefficient (Wildman–Crippen LogP) is 1.28. The molecule has 2 fully saturated rings. The summed E-state index contributed by atoms with van der Waals surface area (Å²) in [5.74, 6) is -4.17. The molecule has 1 saturated heterocycles.